The van der Waals surface area contributed by atoms with Gasteiger partial charge in [0, 0.05) is 31.8 Å². The Hall–Kier alpha value is -4.25. The molecular weight excluding hydrogens is 392 g/mol. The number of aromatic nitrogens is 2. The first-order valence-electron chi connectivity index (χ1n) is 9.61. The van der Waals surface area contributed by atoms with Gasteiger partial charge in [0.15, 0.2) is 5.69 Å². The van der Waals surface area contributed by atoms with Gasteiger partial charge in [0.2, 0.25) is 5.91 Å². The van der Waals surface area contributed by atoms with Crippen LogP contribution in [0.4, 0.5) is 11.4 Å². The predicted octanol–water partition coefficient (Wildman–Crippen LogP) is 2.39. The van der Waals surface area contributed by atoms with Crippen molar-refractivity contribution in [3.63, 3.8) is 0 Å². The molecule has 8 heteroatoms. The third-order valence-corrected chi connectivity index (χ3v) is 4.63. The number of carbonyl (C=O) groups excluding carboxylic acids is 2. The van der Waals surface area contributed by atoms with E-state index in [4.69, 9.17) is 0 Å². The van der Waals surface area contributed by atoms with Crippen LogP contribution in [0.5, 0.6) is 0 Å². The first-order chi connectivity index (χ1) is 15.0. The lowest BCUT2D eigenvalue weighted by molar-refractivity contribution is -0.118. The Kier molecular flexibility index (Phi) is 6.91. The molecule has 31 heavy (non-hydrogen) atoms. The molecule has 0 radical (unpaired) electrons. The van der Waals surface area contributed by atoms with Gasteiger partial charge in [-0.15, -0.1) is 0 Å². The predicted molar refractivity (Wildman–Crippen MR) is 118 cm³/mol. The van der Waals surface area contributed by atoms with Crippen LogP contribution in [0.2, 0.25) is 0 Å². The number of nitrogens with one attached hydrogen (secondary N) is 2. The molecule has 0 saturated heterocycles. The summed E-state index contributed by atoms with van der Waals surface area (Å²) in [5, 5.41) is 14.7. The summed E-state index contributed by atoms with van der Waals surface area (Å²) in [6, 6.07) is 17.5. The quantitative estimate of drug-likeness (QED) is 0.614. The summed E-state index contributed by atoms with van der Waals surface area (Å²) in [6.45, 7) is 0. The van der Waals surface area contributed by atoms with E-state index in [9.17, 15) is 14.9 Å². The van der Waals surface area contributed by atoms with Gasteiger partial charge in [-0.3, -0.25) is 9.59 Å². The molecule has 0 saturated carbocycles. The number of rotatable bonds is 7. The van der Waals surface area contributed by atoms with Crippen LogP contribution in [0.15, 0.2) is 67.1 Å². The second-order valence-corrected chi connectivity index (χ2v) is 7.04. The molecule has 0 aliphatic carbocycles. The molecule has 0 aliphatic rings. The fraction of sp³-hybridized carbons (Fsp3) is 0.174. The summed E-state index contributed by atoms with van der Waals surface area (Å²) in [5.41, 5.74) is 2.53. The molecule has 2 N–H and O–H groups in total. The molecule has 3 aromatic rings. The first kappa shape index (κ1) is 21.5. The van der Waals surface area contributed by atoms with Crippen LogP contribution in [0.25, 0.3) is 0 Å². The monoisotopic (exact) mass is 414 g/mol. The highest BCUT2D eigenvalue weighted by atomic mass is 16.2. The number of hydrogen-bond acceptors (Lipinski definition) is 6. The SMILES string of the molecule is CN(C)c1ccc(C(=O)N[C@@H](Cc2ccccc2)C(=O)Nc2cncnc2C#N)cc1. The van der Waals surface area contributed by atoms with Crippen molar-refractivity contribution in [2.24, 2.45) is 0 Å². The molecule has 2 amide bonds. The van der Waals surface area contributed by atoms with E-state index >= 15 is 0 Å². The van der Waals surface area contributed by atoms with Gasteiger partial charge in [0.25, 0.3) is 5.91 Å². The topological polar surface area (TPSA) is 111 Å². The van der Waals surface area contributed by atoms with E-state index in [-0.39, 0.29) is 23.7 Å². The molecule has 1 heterocycles. The summed E-state index contributed by atoms with van der Waals surface area (Å²) in [6.07, 6.45) is 2.86. The lowest BCUT2D eigenvalue weighted by Gasteiger charge is -2.19. The smallest absolute Gasteiger partial charge is 0.251 e. The number of hydrogen-bond donors (Lipinski definition) is 2. The molecule has 156 valence electrons. The maximum Gasteiger partial charge on any atom is 0.251 e. The van der Waals surface area contributed by atoms with Crippen LogP contribution in [-0.2, 0) is 11.2 Å². The normalized spacial score (nSPS) is 11.1. The largest absolute Gasteiger partial charge is 0.378 e. The van der Waals surface area contributed by atoms with Crippen molar-refractivity contribution >= 4 is 23.2 Å². The van der Waals surface area contributed by atoms with Crippen LogP contribution in [0, 0.1) is 11.3 Å². The van der Waals surface area contributed by atoms with Crippen LogP contribution < -0.4 is 15.5 Å². The van der Waals surface area contributed by atoms with Gasteiger partial charge in [-0.05, 0) is 29.8 Å². The van der Waals surface area contributed by atoms with Crippen molar-refractivity contribution in [3.05, 3.63) is 83.9 Å². The van der Waals surface area contributed by atoms with E-state index in [0.717, 1.165) is 11.3 Å². The van der Waals surface area contributed by atoms with Crippen molar-refractivity contribution < 1.29 is 9.59 Å². The summed E-state index contributed by atoms with van der Waals surface area (Å²) < 4.78 is 0. The van der Waals surface area contributed by atoms with Crippen LogP contribution in [-0.4, -0.2) is 41.9 Å². The highest BCUT2D eigenvalue weighted by molar-refractivity contribution is 6.01. The summed E-state index contributed by atoms with van der Waals surface area (Å²) in [7, 11) is 3.83. The lowest BCUT2D eigenvalue weighted by atomic mass is 10.0. The number of nitriles is 1. The zero-order valence-corrected chi connectivity index (χ0v) is 17.2. The molecule has 3 rings (SSSR count). The maximum atomic E-state index is 13.0. The maximum absolute atomic E-state index is 13.0. The van der Waals surface area contributed by atoms with Crippen molar-refractivity contribution in [2.75, 3.05) is 24.3 Å². The number of benzene rings is 2. The average Bonchev–Trinajstić information content (AvgIpc) is 2.79. The highest BCUT2D eigenvalue weighted by Crippen LogP contribution is 2.14. The van der Waals surface area contributed by atoms with E-state index in [1.165, 1.54) is 12.5 Å². The molecule has 2 aromatic carbocycles. The molecular formula is C23H22N6O2. The van der Waals surface area contributed by atoms with Crippen LogP contribution in [0.1, 0.15) is 21.6 Å². The van der Waals surface area contributed by atoms with Gasteiger partial charge in [0.1, 0.15) is 18.4 Å². The molecule has 0 spiro atoms. The minimum absolute atomic E-state index is 0.0485. The van der Waals surface area contributed by atoms with Crippen molar-refractivity contribution in [2.45, 2.75) is 12.5 Å². The van der Waals surface area contributed by atoms with E-state index in [1.807, 2.05) is 67.5 Å². The summed E-state index contributed by atoms with van der Waals surface area (Å²) in [5.74, 6) is -0.834. The number of anilines is 2. The Balaban J connectivity index is 1.81. The van der Waals surface area contributed by atoms with Crippen LogP contribution in [0.3, 0.4) is 0 Å². The van der Waals surface area contributed by atoms with Gasteiger partial charge in [0.05, 0.1) is 11.9 Å². The summed E-state index contributed by atoms with van der Waals surface area (Å²) >= 11 is 0. The first-order valence-corrected chi connectivity index (χ1v) is 9.61. The Morgan fingerprint density at radius 3 is 2.45 bits per heavy atom. The van der Waals surface area contributed by atoms with Gasteiger partial charge in [-0.2, -0.15) is 5.26 Å². The van der Waals surface area contributed by atoms with Gasteiger partial charge in [-0.25, -0.2) is 9.97 Å². The van der Waals surface area contributed by atoms with Gasteiger partial charge in [-0.1, -0.05) is 30.3 Å². The van der Waals surface area contributed by atoms with Crippen molar-refractivity contribution in [3.8, 4) is 6.07 Å². The van der Waals surface area contributed by atoms with Gasteiger partial charge < -0.3 is 15.5 Å². The second kappa shape index (κ2) is 9.98. The molecule has 0 fully saturated rings. The van der Waals surface area contributed by atoms with Crippen molar-refractivity contribution in [1.82, 2.24) is 15.3 Å². The Morgan fingerprint density at radius 2 is 1.81 bits per heavy atom. The lowest BCUT2D eigenvalue weighted by Crippen LogP contribution is -2.45. The standard InChI is InChI=1S/C23H22N6O2/c1-29(2)18-10-8-17(9-11-18)22(30)27-19(12-16-6-4-3-5-7-16)23(31)28-21-14-25-15-26-20(21)13-24/h3-11,14-15,19H,12H2,1-2H3,(H,27,30)(H,28,31)/t19-/m0/s1. The third kappa shape index (κ3) is 5.64. The van der Waals surface area contributed by atoms with E-state index in [0.29, 0.717) is 5.56 Å². The van der Waals surface area contributed by atoms with E-state index in [1.54, 1.807) is 12.1 Å². The molecule has 1 aromatic heterocycles. The number of amides is 2. The fourth-order valence-corrected chi connectivity index (χ4v) is 2.94. The molecule has 0 bridgehead atoms. The molecule has 0 unspecified atom stereocenters. The van der Waals surface area contributed by atoms with Gasteiger partial charge >= 0.3 is 0 Å². The van der Waals surface area contributed by atoms with Crippen LogP contribution >= 0.6 is 0 Å². The average molecular weight is 414 g/mol. The fourth-order valence-electron chi connectivity index (χ4n) is 2.94. The van der Waals surface area contributed by atoms with E-state index in [2.05, 4.69) is 20.6 Å². The zero-order valence-electron chi connectivity index (χ0n) is 17.2. The van der Waals surface area contributed by atoms with Crippen molar-refractivity contribution in [1.29, 1.82) is 5.26 Å². The molecule has 1 atom stereocenters. The minimum atomic E-state index is -0.866. The molecule has 8 nitrogen and oxygen atoms in total. The Bertz CT molecular complexity index is 1090. The zero-order chi connectivity index (χ0) is 22.2. The Labute approximate surface area is 180 Å². The minimum Gasteiger partial charge on any atom is -0.378 e. The third-order valence-electron chi connectivity index (χ3n) is 4.63. The number of carbonyl (C=O) groups is 2. The van der Waals surface area contributed by atoms with E-state index < -0.39 is 11.9 Å². The summed E-state index contributed by atoms with van der Waals surface area (Å²) in [4.78, 5) is 35.5. The second-order valence-electron chi connectivity index (χ2n) is 7.04. The Morgan fingerprint density at radius 1 is 1.10 bits per heavy atom. The highest BCUT2D eigenvalue weighted by Gasteiger charge is 2.23. The molecule has 0 aliphatic heterocycles. The number of nitrogens with zero attached hydrogens (tertiary/aromatic N) is 4.